The monoisotopic (exact) mass is 1790 g/mol. The van der Waals surface area contributed by atoms with Crippen LogP contribution in [-0.4, -0.2) is 33.5 Å². The first kappa shape index (κ1) is 87.1. The minimum absolute atomic E-state index is 0.113. The van der Waals surface area contributed by atoms with Crippen molar-refractivity contribution in [3.05, 3.63) is 372 Å². The van der Waals surface area contributed by atoms with Gasteiger partial charge in [-0.1, -0.05) is 97.1 Å². The van der Waals surface area contributed by atoms with Crippen molar-refractivity contribution in [3.63, 3.8) is 0 Å². The number of nitrogens with zero attached hydrogens (tertiary/aromatic N) is 4. The van der Waals surface area contributed by atoms with Crippen LogP contribution in [0.1, 0.15) is 27.7 Å². The summed E-state index contributed by atoms with van der Waals surface area (Å²) >= 11 is 0. The van der Waals surface area contributed by atoms with Crippen LogP contribution >= 0.6 is 0 Å². The number of hydrogen-bond acceptors (Lipinski definition) is 24. The molecule has 0 aromatic heterocycles. The van der Waals surface area contributed by atoms with Crippen LogP contribution in [0.5, 0.6) is 138 Å². The lowest BCUT2D eigenvalue weighted by Gasteiger charge is -2.27. The summed E-state index contributed by atoms with van der Waals surface area (Å²) in [4.78, 5) is 70.5. The third kappa shape index (κ3) is 20.8. The summed E-state index contributed by atoms with van der Waals surface area (Å²) in [5, 5.41) is 33.5. The first-order chi connectivity index (χ1) is 65.0. The minimum atomic E-state index is -0.547. The summed E-state index contributed by atoms with van der Waals surface area (Å²) in [6.45, 7) is 5.92. The molecule has 16 aromatic rings. The Hall–Kier alpha value is -19.0. The number of nitrogens with two attached hydrogens (primary N) is 2. The predicted octanol–water partition coefficient (Wildman–Crippen LogP) is 27.3. The number of ether oxygens (including phenoxy) is 12. The Kier molecular flexibility index (Phi) is 25.4. The average Bonchev–Trinajstić information content (AvgIpc) is 0.783. The largest absolute Gasteiger partial charge is 0.450 e. The SMILES string of the molecule is CC(=O)N(c1ccccc1)c1ccc2c(c1)Oc1ccc(N(C(C)=O)c3ccccc3)cc1O2.CC(=O)Nc1ccc2c(c1)Oc1ccc(NC(C)=O)cc1O2.Nc1ccc2c(c1)Oc1ccc(N)cc1O2.O=[N+]([O-])c1ccc2c(c1)Oc1ccc([N+](=O)[O-])cc1O2.c1ccc(Nc2ccc3c(c2)Oc2ccc(Nc4ccccc4)cc2O3)cc1.c1ccc2c(c1)Oc1ccccc1O2. The first-order valence-electron chi connectivity index (χ1n) is 41.5. The number of rotatable bonds is 12. The lowest BCUT2D eigenvalue weighted by molar-refractivity contribution is -0.385. The van der Waals surface area contributed by atoms with E-state index in [0.717, 1.165) is 57.1 Å². The molecule has 8 N–H and O–H groups in total. The Bertz CT molecular complexity index is 6720. The van der Waals surface area contributed by atoms with E-state index in [0.29, 0.717) is 126 Å². The Balaban J connectivity index is 0.000000115. The van der Waals surface area contributed by atoms with Crippen molar-refractivity contribution in [1.29, 1.82) is 0 Å². The molecule has 30 heteroatoms. The van der Waals surface area contributed by atoms with Gasteiger partial charge in [0, 0.05) is 145 Å². The highest BCUT2D eigenvalue weighted by Gasteiger charge is 2.30. The molecular formula is C104H78N10O20. The Morgan fingerprint density at radius 1 is 0.231 bits per heavy atom. The van der Waals surface area contributed by atoms with Crippen molar-refractivity contribution in [2.45, 2.75) is 27.7 Å². The number of non-ortho nitro benzene ring substituents is 2. The van der Waals surface area contributed by atoms with E-state index in [1.165, 1.54) is 64.1 Å². The normalized spacial score (nSPS) is 11.6. The molecule has 6 aliphatic heterocycles. The van der Waals surface area contributed by atoms with Gasteiger partial charge in [0.25, 0.3) is 11.4 Å². The number of hydrogen-bond donors (Lipinski definition) is 6. The molecule has 0 saturated heterocycles. The van der Waals surface area contributed by atoms with Gasteiger partial charge in [0.2, 0.25) is 23.6 Å². The zero-order valence-electron chi connectivity index (χ0n) is 71.6. The zero-order valence-corrected chi connectivity index (χ0v) is 71.6. The van der Waals surface area contributed by atoms with Crippen LogP contribution in [0, 0.1) is 20.2 Å². The Morgan fingerprint density at radius 2 is 0.455 bits per heavy atom. The van der Waals surface area contributed by atoms with Crippen molar-refractivity contribution < 1.29 is 85.9 Å². The number of carbonyl (C=O) groups excluding carboxylic acids is 4. The van der Waals surface area contributed by atoms with Gasteiger partial charge in [-0.05, 0) is 182 Å². The van der Waals surface area contributed by atoms with Gasteiger partial charge in [-0.2, -0.15) is 0 Å². The number of nitrogens with one attached hydrogen (secondary N) is 4. The third-order valence-corrected chi connectivity index (χ3v) is 20.1. The Labute approximate surface area is 765 Å². The predicted molar refractivity (Wildman–Crippen MR) is 507 cm³/mol. The van der Waals surface area contributed by atoms with E-state index in [9.17, 15) is 39.4 Å². The molecule has 0 radical (unpaired) electrons. The number of nitro benzene ring substituents is 2. The fraction of sp³-hybridized carbons (Fsp3) is 0.0385. The summed E-state index contributed by atoms with van der Waals surface area (Å²) in [6.07, 6.45) is 0. The zero-order chi connectivity index (χ0) is 92.9. The Morgan fingerprint density at radius 3 is 0.746 bits per heavy atom. The summed E-state index contributed by atoms with van der Waals surface area (Å²) in [7, 11) is 0. The standard InChI is InChI=1S/C28H22N2O4.C24H18N2O2.C16H14N2O4.C12H6N2O6.C12H10N2O2.C12H8O2/c1-19(31)29(21-9-5-3-6-10-21)23-13-15-25-27(17-23)33-26-16-14-24(18-28(26)34-25)30(20(2)32)22-11-7-4-8-12-22;1-3-7-17(8-4-1)25-19-11-13-21-23(15-19)27-22-14-12-20(16-24(22)28-21)26-18-9-5-2-6-10-18;1-9(19)17-11-3-5-13-15(7-11)21-14-6-4-12(18-10(2)20)8-16(14)22-13;15-13(16)7-1-3-9-11(5-7)20-10-4-2-8(14(17)18)6-12(10)19-9;13-7-1-3-9-11(5-7)16-10-4-2-8(14)6-12(10)15-9;1-2-6-10-9(5-1)13-11-7-3-4-8-12(11)14-10/h3-18H,1-2H3;1-16,25-26H;3-8H,1-2H3,(H,17,19)(H,18,20);1-6H;1-6H,13-14H2;1-8H. The van der Waals surface area contributed by atoms with E-state index in [4.69, 9.17) is 68.3 Å². The summed E-state index contributed by atoms with van der Waals surface area (Å²) in [6, 6.07) is 105. The van der Waals surface area contributed by atoms with Crippen molar-refractivity contribution in [2.75, 3.05) is 42.5 Å². The molecule has 22 rings (SSSR count). The van der Waals surface area contributed by atoms with Crippen molar-refractivity contribution in [3.8, 4) is 138 Å². The second-order valence-corrected chi connectivity index (χ2v) is 29.9. The maximum absolute atomic E-state index is 12.4. The van der Waals surface area contributed by atoms with Crippen LogP contribution in [0.2, 0.25) is 0 Å². The molecule has 16 aromatic carbocycles. The molecular weight excluding hydrogens is 1710 g/mol. The second kappa shape index (κ2) is 39.1. The number of nitro groups is 2. The van der Waals surface area contributed by atoms with E-state index in [1.807, 2.05) is 218 Å². The molecule has 0 fully saturated rings. The molecule has 6 heterocycles. The van der Waals surface area contributed by atoms with Gasteiger partial charge in [-0.15, -0.1) is 0 Å². The number of nitrogen functional groups attached to an aromatic ring is 2. The van der Waals surface area contributed by atoms with Crippen LogP contribution in [0.4, 0.5) is 79.6 Å². The number of anilines is 12. The molecule has 134 heavy (non-hydrogen) atoms. The number of para-hydroxylation sites is 8. The van der Waals surface area contributed by atoms with E-state index in [-0.39, 0.29) is 58.0 Å². The quantitative estimate of drug-likeness (QED) is 0.0376. The number of fused-ring (bicyclic) bond motifs is 12. The van der Waals surface area contributed by atoms with Crippen LogP contribution in [0.25, 0.3) is 0 Å². The average molecular weight is 1790 g/mol. The highest BCUT2D eigenvalue weighted by molar-refractivity contribution is 6.01. The molecule has 0 saturated carbocycles. The van der Waals surface area contributed by atoms with Crippen molar-refractivity contribution >= 4 is 103 Å². The molecule has 0 unspecified atom stereocenters. The molecule has 0 aliphatic carbocycles. The van der Waals surface area contributed by atoms with Gasteiger partial charge >= 0.3 is 0 Å². The lowest BCUT2D eigenvalue weighted by Crippen LogP contribution is -2.23. The molecule has 30 nitrogen and oxygen atoms in total. The molecule has 6 aliphatic rings. The van der Waals surface area contributed by atoms with Gasteiger partial charge in [0.05, 0.1) is 33.4 Å². The molecule has 0 spiro atoms. The summed E-state index contributed by atoms with van der Waals surface area (Å²) < 4.78 is 69.4. The summed E-state index contributed by atoms with van der Waals surface area (Å²) in [5.74, 6) is 13.0. The fourth-order valence-electron chi connectivity index (χ4n) is 14.1. The van der Waals surface area contributed by atoms with Gasteiger partial charge < -0.3 is 89.6 Å². The number of amides is 4. The number of carbonyl (C=O) groups is 4. The van der Waals surface area contributed by atoms with E-state index in [2.05, 4.69) is 21.3 Å². The maximum Gasteiger partial charge on any atom is 0.273 e. The van der Waals surface area contributed by atoms with Gasteiger partial charge in [-0.3, -0.25) is 49.2 Å². The number of benzene rings is 16. The fourth-order valence-corrected chi connectivity index (χ4v) is 14.1. The molecule has 0 atom stereocenters. The summed E-state index contributed by atoms with van der Waals surface area (Å²) in [5.41, 5.74) is 20.4. The van der Waals surface area contributed by atoms with E-state index in [1.54, 1.807) is 107 Å². The van der Waals surface area contributed by atoms with E-state index >= 15 is 0 Å². The molecule has 664 valence electrons. The lowest BCUT2D eigenvalue weighted by atomic mass is 10.2. The molecule has 0 bridgehead atoms. The van der Waals surface area contributed by atoms with Crippen molar-refractivity contribution in [2.24, 2.45) is 0 Å². The minimum Gasteiger partial charge on any atom is -0.450 e. The smallest absolute Gasteiger partial charge is 0.273 e. The van der Waals surface area contributed by atoms with Gasteiger partial charge in [-0.25, -0.2) is 0 Å². The third-order valence-electron chi connectivity index (χ3n) is 20.1. The van der Waals surface area contributed by atoms with Crippen LogP contribution in [-0.2, 0) is 19.2 Å². The van der Waals surface area contributed by atoms with E-state index < -0.39 is 9.85 Å². The second-order valence-electron chi connectivity index (χ2n) is 29.9. The molecule has 4 amide bonds. The van der Waals surface area contributed by atoms with Gasteiger partial charge in [0.1, 0.15) is 0 Å². The maximum atomic E-state index is 12.4. The highest BCUT2D eigenvalue weighted by Crippen LogP contribution is 2.54. The van der Waals surface area contributed by atoms with Crippen LogP contribution in [0.3, 0.4) is 0 Å². The van der Waals surface area contributed by atoms with Crippen LogP contribution in [0.15, 0.2) is 352 Å². The first-order valence-corrected chi connectivity index (χ1v) is 41.5. The van der Waals surface area contributed by atoms with Gasteiger partial charge in [0.15, 0.2) is 138 Å². The van der Waals surface area contributed by atoms with Crippen LogP contribution < -0.4 is 99.4 Å². The topological polar surface area (TPSA) is 372 Å². The van der Waals surface area contributed by atoms with Crippen molar-refractivity contribution in [1.82, 2.24) is 0 Å². The highest BCUT2D eigenvalue weighted by atomic mass is 16.6.